The summed E-state index contributed by atoms with van der Waals surface area (Å²) >= 11 is 0. The summed E-state index contributed by atoms with van der Waals surface area (Å²) in [6.07, 6.45) is 4.51. The molecule has 2 unspecified atom stereocenters. The first-order chi connectivity index (χ1) is 13.9. The summed E-state index contributed by atoms with van der Waals surface area (Å²) in [6.45, 7) is 6.79. The van der Waals surface area contributed by atoms with Crippen molar-refractivity contribution in [3.8, 4) is 5.75 Å². The Hall–Kier alpha value is -1.72. The molecule has 1 fully saturated rings. The fourth-order valence-corrected chi connectivity index (χ4v) is 5.92. The molecule has 160 valence electrons. The van der Waals surface area contributed by atoms with Crippen LogP contribution in [0.5, 0.6) is 5.75 Å². The lowest BCUT2D eigenvalue weighted by Gasteiger charge is -2.49. The number of aryl methyl sites for hydroxylation is 1. The molecule has 1 saturated carbocycles. The number of unbranched alkanes of at least 4 members (excludes halogenated alkanes) is 1. The van der Waals surface area contributed by atoms with Crippen molar-refractivity contribution in [2.24, 2.45) is 17.3 Å². The first kappa shape index (κ1) is 20.5. The molecule has 1 aromatic rings. The quantitative estimate of drug-likeness (QED) is 0.461. The van der Waals surface area contributed by atoms with Gasteiger partial charge >= 0.3 is 0 Å². The van der Waals surface area contributed by atoms with Gasteiger partial charge in [-0.1, -0.05) is 26.3 Å². The van der Waals surface area contributed by atoms with Gasteiger partial charge in [-0.15, -0.1) is 0 Å². The molecular formula is C24H34O5. The van der Waals surface area contributed by atoms with Gasteiger partial charge in [-0.25, -0.2) is 0 Å². The van der Waals surface area contributed by atoms with Gasteiger partial charge in [0.15, 0.2) is 12.0 Å². The molecule has 1 aromatic carbocycles. The lowest BCUT2D eigenvalue weighted by atomic mass is 9.55. The third-order valence-corrected chi connectivity index (χ3v) is 7.50. The van der Waals surface area contributed by atoms with Crippen molar-refractivity contribution < 1.29 is 24.8 Å². The Balaban J connectivity index is 1.52. The van der Waals surface area contributed by atoms with E-state index in [0.29, 0.717) is 12.5 Å². The zero-order valence-corrected chi connectivity index (χ0v) is 17.7. The topological polar surface area (TPSA) is 79.2 Å². The van der Waals surface area contributed by atoms with E-state index in [9.17, 15) is 15.3 Å². The number of benzene rings is 1. The molecule has 0 bridgehead atoms. The Morgan fingerprint density at radius 3 is 2.76 bits per heavy atom. The van der Waals surface area contributed by atoms with Crippen LogP contribution in [0.4, 0.5) is 0 Å². The summed E-state index contributed by atoms with van der Waals surface area (Å²) in [4.78, 5) is 0. The summed E-state index contributed by atoms with van der Waals surface area (Å²) in [5, 5.41) is 31.3. The summed E-state index contributed by atoms with van der Waals surface area (Å²) in [5.41, 5.74) is 2.16. The summed E-state index contributed by atoms with van der Waals surface area (Å²) < 4.78 is 11.7. The zero-order valence-electron chi connectivity index (χ0n) is 17.7. The molecule has 3 aliphatic carbocycles. The second-order valence-corrected chi connectivity index (χ2v) is 9.27. The van der Waals surface area contributed by atoms with E-state index in [1.165, 1.54) is 11.1 Å². The Kier molecular flexibility index (Phi) is 5.56. The highest BCUT2D eigenvalue weighted by molar-refractivity contribution is 5.42. The van der Waals surface area contributed by atoms with Crippen LogP contribution < -0.4 is 4.74 Å². The molecule has 5 nitrogen and oxygen atoms in total. The Bertz CT molecular complexity index is 787. The Morgan fingerprint density at radius 1 is 1.21 bits per heavy atom. The Labute approximate surface area is 173 Å². The minimum Gasteiger partial charge on any atom is -0.508 e. The molecule has 4 rings (SSSR count). The van der Waals surface area contributed by atoms with Gasteiger partial charge in [-0.05, 0) is 74.1 Å². The third-order valence-electron chi connectivity index (χ3n) is 7.50. The van der Waals surface area contributed by atoms with Crippen LogP contribution in [0.1, 0.15) is 69.9 Å². The molecule has 0 amide bonds. The first-order valence-electron chi connectivity index (χ1n) is 11.1. The smallest absolute Gasteiger partial charge is 0.196 e. The molecule has 0 saturated heterocycles. The number of fused-ring (bicyclic) bond motifs is 5. The third kappa shape index (κ3) is 3.42. The highest BCUT2D eigenvalue weighted by Crippen LogP contribution is 2.61. The highest BCUT2D eigenvalue weighted by atomic mass is 16.7. The summed E-state index contributed by atoms with van der Waals surface area (Å²) in [6, 6.07) is 6.32. The second kappa shape index (κ2) is 7.84. The number of hydrogen-bond acceptors (Lipinski definition) is 5. The molecule has 0 aliphatic heterocycles. The van der Waals surface area contributed by atoms with Crippen molar-refractivity contribution in [1.82, 2.24) is 0 Å². The van der Waals surface area contributed by atoms with Gasteiger partial charge in [-0.3, -0.25) is 0 Å². The van der Waals surface area contributed by atoms with E-state index in [0.717, 1.165) is 44.3 Å². The van der Waals surface area contributed by atoms with E-state index in [1.807, 2.05) is 19.9 Å². The van der Waals surface area contributed by atoms with Crippen LogP contribution in [0.15, 0.2) is 29.7 Å². The van der Waals surface area contributed by atoms with Crippen LogP contribution in [-0.2, 0) is 11.2 Å². The van der Waals surface area contributed by atoms with Gasteiger partial charge in [0.2, 0.25) is 0 Å². The van der Waals surface area contributed by atoms with Gasteiger partial charge in [0.1, 0.15) is 17.6 Å². The minimum absolute atomic E-state index is 0.0103. The first-order valence-corrected chi connectivity index (χ1v) is 11.1. The van der Waals surface area contributed by atoms with Crippen LogP contribution in [-0.4, -0.2) is 34.3 Å². The van der Waals surface area contributed by atoms with Crippen molar-refractivity contribution in [1.29, 1.82) is 0 Å². The number of ether oxygens (including phenoxy) is 2. The zero-order chi connectivity index (χ0) is 20.8. The van der Waals surface area contributed by atoms with Gasteiger partial charge in [0, 0.05) is 11.3 Å². The van der Waals surface area contributed by atoms with E-state index in [-0.39, 0.29) is 29.6 Å². The maximum atomic E-state index is 10.6. The van der Waals surface area contributed by atoms with Crippen molar-refractivity contribution in [2.45, 2.75) is 77.6 Å². The van der Waals surface area contributed by atoms with Crippen molar-refractivity contribution in [3.05, 3.63) is 40.8 Å². The van der Waals surface area contributed by atoms with Gasteiger partial charge in [0.05, 0.1) is 6.61 Å². The molecule has 29 heavy (non-hydrogen) atoms. The predicted octanol–water partition coefficient (Wildman–Crippen LogP) is 4.99. The number of rotatable bonds is 6. The van der Waals surface area contributed by atoms with Crippen molar-refractivity contribution >= 4 is 0 Å². The standard InChI is InChI=1S/C24H34O5/c1-4-5-12-28-14(2)29-16-7-9-17-15(13-16)6-8-19-18(17)10-11-24(3)20(19)21(25)22(26)23(24)27/h7,9,13-14,18-20,23,25-27H,4-6,8,10-12H2,1-3H3/t14?,18-,19?,20-,23+,24+/m1/s1. The predicted molar refractivity (Wildman–Crippen MR) is 111 cm³/mol. The van der Waals surface area contributed by atoms with Crippen LogP contribution in [0, 0.1) is 17.3 Å². The van der Waals surface area contributed by atoms with E-state index >= 15 is 0 Å². The molecule has 6 atom stereocenters. The van der Waals surface area contributed by atoms with E-state index in [1.54, 1.807) is 0 Å². The highest BCUT2D eigenvalue weighted by Gasteiger charge is 2.59. The molecule has 5 heteroatoms. The normalized spacial score (nSPS) is 34.3. The lowest BCUT2D eigenvalue weighted by Crippen LogP contribution is -2.45. The van der Waals surface area contributed by atoms with Crippen molar-refractivity contribution in [3.63, 3.8) is 0 Å². The number of aliphatic hydroxyl groups is 3. The summed E-state index contributed by atoms with van der Waals surface area (Å²) in [5.74, 6) is 1.03. The monoisotopic (exact) mass is 402 g/mol. The average Bonchev–Trinajstić information content (AvgIpc) is 2.88. The molecule has 3 N–H and O–H groups in total. The van der Waals surface area contributed by atoms with E-state index < -0.39 is 11.5 Å². The van der Waals surface area contributed by atoms with E-state index in [2.05, 4.69) is 19.1 Å². The second-order valence-electron chi connectivity index (χ2n) is 9.27. The number of hydrogen-bond donors (Lipinski definition) is 3. The molecule has 0 heterocycles. The van der Waals surface area contributed by atoms with Crippen molar-refractivity contribution in [2.75, 3.05) is 6.61 Å². The minimum atomic E-state index is -0.959. The largest absolute Gasteiger partial charge is 0.508 e. The summed E-state index contributed by atoms with van der Waals surface area (Å²) in [7, 11) is 0. The molecule has 0 radical (unpaired) electrons. The number of allylic oxidation sites excluding steroid dienone is 1. The Morgan fingerprint density at radius 2 is 2.00 bits per heavy atom. The molecular weight excluding hydrogens is 368 g/mol. The fraction of sp³-hybridized carbons (Fsp3) is 0.667. The van der Waals surface area contributed by atoms with E-state index in [4.69, 9.17) is 9.47 Å². The fourth-order valence-electron chi connectivity index (χ4n) is 5.92. The maximum Gasteiger partial charge on any atom is 0.196 e. The van der Waals surface area contributed by atoms with Crippen LogP contribution in [0.2, 0.25) is 0 Å². The van der Waals surface area contributed by atoms with Gasteiger partial charge < -0.3 is 24.8 Å². The van der Waals surface area contributed by atoms with Crippen LogP contribution in [0.25, 0.3) is 0 Å². The maximum absolute atomic E-state index is 10.6. The average molecular weight is 403 g/mol. The lowest BCUT2D eigenvalue weighted by molar-refractivity contribution is -0.0674. The molecule has 0 aromatic heterocycles. The number of aliphatic hydroxyl groups excluding tert-OH is 3. The SMILES string of the molecule is CCCCOC(C)Oc1ccc2c(c1)CCC1[C@@H]2CC[C@]2(C)[C@@H](O)C(O)=C(O)[C@@H]12. The van der Waals surface area contributed by atoms with Crippen LogP contribution in [0.3, 0.4) is 0 Å². The van der Waals surface area contributed by atoms with Crippen LogP contribution >= 0.6 is 0 Å². The molecule has 0 spiro atoms. The van der Waals surface area contributed by atoms with Gasteiger partial charge in [0.25, 0.3) is 0 Å². The molecule has 3 aliphatic rings. The van der Waals surface area contributed by atoms with Gasteiger partial charge in [-0.2, -0.15) is 0 Å².